The van der Waals surface area contributed by atoms with Gasteiger partial charge in [-0.25, -0.2) is 4.39 Å². The fourth-order valence-corrected chi connectivity index (χ4v) is 1.25. The van der Waals surface area contributed by atoms with Crippen LogP contribution in [-0.2, 0) is 4.79 Å². The Balaban J connectivity index is 0.00000121. The molecule has 5 heteroatoms. The van der Waals surface area contributed by atoms with Crippen LogP contribution in [0.25, 0.3) is 0 Å². The molecule has 0 spiro atoms. The Morgan fingerprint density at radius 3 is 2.42 bits per heavy atom. The van der Waals surface area contributed by atoms with Gasteiger partial charge in [0.1, 0.15) is 0 Å². The molecular weight excluding hydrogens is 183 g/mol. The molecule has 72 valence electrons. The van der Waals surface area contributed by atoms with E-state index < -0.39 is 6.30 Å². The van der Waals surface area contributed by atoms with Crippen molar-refractivity contribution in [1.29, 1.82) is 0 Å². The van der Waals surface area contributed by atoms with E-state index in [4.69, 9.17) is 5.73 Å². The Morgan fingerprint density at radius 1 is 1.50 bits per heavy atom. The summed E-state index contributed by atoms with van der Waals surface area (Å²) in [6.45, 7) is 1.20. The van der Waals surface area contributed by atoms with Gasteiger partial charge in [-0.1, -0.05) is 0 Å². The Labute approximate surface area is 77.5 Å². The van der Waals surface area contributed by atoms with Gasteiger partial charge in [-0.2, -0.15) is 0 Å². The maximum atomic E-state index is 12.7. The van der Waals surface area contributed by atoms with Crippen molar-refractivity contribution in [2.75, 3.05) is 13.1 Å². The average Bonchev–Trinajstić information content (AvgIpc) is 2.05. The standard InChI is InChI=1S/C7H13FN2O.ClH/c8-7(5-11)10-3-1-6(9)2-4-10;/h5-7H,1-4,9H2;1H. The van der Waals surface area contributed by atoms with Gasteiger partial charge in [-0.05, 0) is 12.8 Å². The minimum atomic E-state index is -1.43. The van der Waals surface area contributed by atoms with E-state index in [0.29, 0.717) is 19.4 Å². The number of nitrogens with two attached hydrogens (primary N) is 1. The highest BCUT2D eigenvalue weighted by Crippen LogP contribution is 2.10. The van der Waals surface area contributed by atoms with E-state index in [1.54, 1.807) is 0 Å². The molecule has 1 aliphatic heterocycles. The molecule has 1 aliphatic rings. The van der Waals surface area contributed by atoms with Gasteiger partial charge in [0.05, 0.1) is 0 Å². The van der Waals surface area contributed by atoms with E-state index in [-0.39, 0.29) is 18.4 Å². The highest BCUT2D eigenvalue weighted by molar-refractivity contribution is 5.85. The van der Waals surface area contributed by atoms with Crippen LogP contribution >= 0.6 is 12.4 Å². The zero-order valence-corrected chi connectivity index (χ0v) is 7.60. The molecule has 0 aromatic heterocycles. The van der Waals surface area contributed by atoms with Crippen molar-refractivity contribution in [2.45, 2.75) is 25.2 Å². The number of carbonyl (C=O) groups is 1. The monoisotopic (exact) mass is 196 g/mol. The van der Waals surface area contributed by atoms with Gasteiger partial charge < -0.3 is 5.73 Å². The summed E-state index contributed by atoms with van der Waals surface area (Å²) in [5.74, 6) is 0. The van der Waals surface area contributed by atoms with Crippen LogP contribution in [0.15, 0.2) is 0 Å². The third kappa shape index (κ3) is 3.05. The molecule has 0 saturated carbocycles. The normalized spacial score (nSPS) is 22.8. The average molecular weight is 197 g/mol. The highest BCUT2D eigenvalue weighted by Gasteiger charge is 2.21. The van der Waals surface area contributed by atoms with Crippen LogP contribution in [0.5, 0.6) is 0 Å². The number of carbonyl (C=O) groups excluding carboxylic acids is 1. The van der Waals surface area contributed by atoms with Gasteiger partial charge in [-0.15, -0.1) is 12.4 Å². The third-order valence-electron chi connectivity index (χ3n) is 2.04. The summed E-state index contributed by atoms with van der Waals surface area (Å²) in [5, 5.41) is 0. The number of rotatable bonds is 2. The summed E-state index contributed by atoms with van der Waals surface area (Å²) in [6.07, 6.45) is 0.474. The lowest BCUT2D eigenvalue weighted by Gasteiger charge is -2.30. The number of aldehydes is 1. The maximum absolute atomic E-state index is 12.7. The van der Waals surface area contributed by atoms with Crippen LogP contribution in [0.1, 0.15) is 12.8 Å². The minimum absolute atomic E-state index is 0. The maximum Gasteiger partial charge on any atom is 0.209 e. The zero-order valence-electron chi connectivity index (χ0n) is 6.78. The Bertz CT molecular complexity index is 139. The molecule has 1 heterocycles. The fourth-order valence-electron chi connectivity index (χ4n) is 1.25. The van der Waals surface area contributed by atoms with Crippen molar-refractivity contribution in [3.63, 3.8) is 0 Å². The van der Waals surface area contributed by atoms with Crippen LogP contribution in [0.2, 0.25) is 0 Å². The summed E-state index contributed by atoms with van der Waals surface area (Å²) < 4.78 is 12.7. The first-order valence-electron chi connectivity index (χ1n) is 3.83. The van der Waals surface area contributed by atoms with Gasteiger partial charge in [-0.3, -0.25) is 9.69 Å². The number of hydrogen-bond acceptors (Lipinski definition) is 3. The van der Waals surface area contributed by atoms with E-state index in [2.05, 4.69) is 0 Å². The molecule has 1 rings (SSSR count). The lowest BCUT2D eigenvalue weighted by molar-refractivity contribution is -0.118. The van der Waals surface area contributed by atoms with Crippen LogP contribution in [0.3, 0.4) is 0 Å². The lowest BCUT2D eigenvalue weighted by atomic mass is 10.1. The van der Waals surface area contributed by atoms with Gasteiger partial charge in [0, 0.05) is 19.1 Å². The fraction of sp³-hybridized carbons (Fsp3) is 0.857. The largest absolute Gasteiger partial charge is 0.328 e. The van der Waals surface area contributed by atoms with Crippen LogP contribution in [-0.4, -0.2) is 36.6 Å². The molecule has 0 aliphatic carbocycles. The van der Waals surface area contributed by atoms with E-state index >= 15 is 0 Å². The molecule has 1 atom stereocenters. The van der Waals surface area contributed by atoms with E-state index in [1.165, 1.54) is 4.90 Å². The molecule has 3 nitrogen and oxygen atoms in total. The summed E-state index contributed by atoms with van der Waals surface area (Å²) >= 11 is 0. The van der Waals surface area contributed by atoms with Crippen molar-refractivity contribution in [2.24, 2.45) is 5.73 Å². The number of alkyl halides is 1. The number of likely N-dealkylation sites (tertiary alicyclic amines) is 1. The minimum Gasteiger partial charge on any atom is -0.328 e. The molecule has 0 bridgehead atoms. The number of nitrogens with zero attached hydrogens (tertiary/aromatic N) is 1. The SMILES string of the molecule is Cl.NC1CCN(C(F)C=O)CC1. The number of piperidine rings is 1. The van der Waals surface area contributed by atoms with E-state index in [0.717, 1.165) is 12.8 Å². The van der Waals surface area contributed by atoms with Crippen molar-refractivity contribution in [3.05, 3.63) is 0 Å². The van der Waals surface area contributed by atoms with Crippen LogP contribution in [0, 0.1) is 0 Å². The van der Waals surface area contributed by atoms with Crippen LogP contribution < -0.4 is 5.73 Å². The second kappa shape index (κ2) is 5.45. The molecule has 0 aromatic rings. The van der Waals surface area contributed by atoms with Crippen molar-refractivity contribution in [1.82, 2.24) is 4.90 Å². The van der Waals surface area contributed by atoms with Crippen molar-refractivity contribution < 1.29 is 9.18 Å². The first-order valence-corrected chi connectivity index (χ1v) is 3.83. The van der Waals surface area contributed by atoms with Crippen molar-refractivity contribution >= 4 is 18.7 Å². The second-order valence-electron chi connectivity index (χ2n) is 2.88. The third-order valence-corrected chi connectivity index (χ3v) is 2.04. The van der Waals surface area contributed by atoms with Crippen molar-refractivity contribution in [3.8, 4) is 0 Å². The Morgan fingerprint density at radius 2 is 2.00 bits per heavy atom. The second-order valence-corrected chi connectivity index (χ2v) is 2.88. The summed E-state index contributed by atoms with van der Waals surface area (Å²) in [6, 6.07) is 0.185. The summed E-state index contributed by atoms with van der Waals surface area (Å²) in [4.78, 5) is 11.5. The van der Waals surface area contributed by atoms with Gasteiger partial charge in [0.25, 0.3) is 0 Å². The van der Waals surface area contributed by atoms with E-state index in [9.17, 15) is 9.18 Å². The summed E-state index contributed by atoms with van der Waals surface area (Å²) in [5.41, 5.74) is 5.60. The zero-order chi connectivity index (χ0) is 8.27. The Hall–Kier alpha value is -0.190. The molecule has 1 unspecified atom stereocenters. The summed E-state index contributed by atoms with van der Waals surface area (Å²) in [7, 11) is 0. The Kier molecular flexibility index (Phi) is 5.37. The molecule has 0 radical (unpaired) electrons. The number of hydrogen-bond donors (Lipinski definition) is 1. The predicted octanol–water partition coefficient (Wildman–Crippen LogP) is 0.326. The molecule has 12 heavy (non-hydrogen) atoms. The predicted molar refractivity (Wildman–Crippen MR) is 47.0 cm³/mol. The lowest BCUT2D eigenvalue weighted by Crippen LogP contribution is -2.43. The van der Waals surface area contributed by atoms with Crippen LogP contribution in [0.4, 0.5) is 4.39 Å². The highest BCUT2D eigenvalue weighted by atomic mass is 35.5. The quantitative estimate of drug-likeness (QED) is 0.511. The topological polar surface area (TPSA) is 46.3 Å². The molecule has 0 amide bonds. The molecular formula is C7H14ClFN2O. The smallest absolute Gasteiger partial charge is 0.209 e. The van der Waals surface area contributed by atoms with Gasteiger partial charge >= 0.3 is 0 Å². The van der Waals surface area contributed by atoms with E-state index in [1.807, 2.05) is 0 Å². The molecule has 1 saturated heterocycles. The first kappa shape index (κ1) is 11.8. The first-order chi connectivity index (χ1) is 5.24. The number of halogens is 2. The van der Waals surface area contributed by atoms with Gasteiger partial charge in [0.2, 0.25) is 6.30 Å². The van der Waals surface area contributed by atoms with Gasteiger partial charge in [0.15, 0.2) is 6.29 Å². The molecule has 0 aromatic carbocycles. The molecule has 2 N–H and O–H groups in total. The molecule has 1 fully saturated rings.